The fourth-order valence-corrected chi connectivity index (χ4v) is 1.54. The summed E-state index contributed by atoms with van der Waals surface area (Å²) in [6.07, 6.45) is 1.25. The molecule has 0 spiro atoms. The van der Waals surface area contributed by atoms with Crippen LogP contribution in [-0.2, 0) is 17.1 Å². The van der Waals surface area contributed by atoms with Gasteiger partial charge < -0.3 is 5.11 Å². The molecule has 0 saturated carbocycles. The molecule has 0 fully saturated rings. The van der Waals surface area contributed by atoms with Crippen molar-refractivity contribution >= 4 is 11.6 Å². The summed E-state index contributed by atoms with van der Waals surface area (Å²) in [7, 11) is 0. The number of hydrogen-bond acceptors (Lipinski definition) is 3. The number of ketones is 2. The van der Waals surface area contributed by atoms with E-state index in [2.05, 4.69) is 0 Å². The van der Waals surface area contributed by atoms with E-state index in [1.165, 1.54) is 12.1 Å². The third-order valence-corrected chi connectivity index (χ3v) is 2.24. The summed E-state index contributed by atoms with van der Waals surface area (Å²) >= 11 is 0. The number of aromatic hydroxyl groups is 1. The summed E-state index contributed by atoms with van der Waals surface area (Å²) in [5.74, 6) is -0.643. The minimum Gasteiger partial charge on any atom is -0.507 e. The summed E-state index contributed by atoms with van der Waals surface area (Å²) < 4.78 is 0. The molecule has 1 aliphatic carbocycles. The summed E-state index contributed by atoms with van der Waals surface area (Å²) in [4.78, 5) is 23.1. The fourth-order valence-electron chi connectivity index (χ4n) is 1.54. The molecular weight excluding hydrogens is 244 g/mol. The molecule has 4 heteroatoms. The van der Waals surface area contributed by atoms with Gasteiger partial charge in [-0.05, 0) is 19.1 Å². The van der Waals surface area contributed by atoms with E-state index >= 15 is 0 Å². The van der Waals surface area contributed by atoms with Crippen LogP contribution in [0.15, 0.2) is 29.8 Å². The molecule has 81 valence electrons. The van der Waals surface area contributed by atoms with Crippen molar-refractivity contribution in [3.8, 4) is 5.75 Å². The molecule has 0 bridgehead atoms. The van der Waals surface area contributed by atoms with Gasteiger partial charge in [-0.2, -0.15) is 0 Å². The maximum atomic E-state index is 11.6. The van der Waals surface area contributed by atoms with E-state index in [1.807, 2.05) is 0 Å². The van der Waals surface area contributed by atoms with Crippen molar-refractivity contribution in [2.75, 3.05) is 0 Å². The Morgan fingerprint density at radius 1 is 1.20 bits per heavy atom. The minimum absolute atomic E-state index is 0. The predicted molar refractivity (Wildman–Crippen MR) is 50.5 cm³/mol. The maximum Gasteiger partial charge on any atom is 0.190 e. The number of phenolic OH excluding ortho intramolecular Hbond substituents is 1. The maximum absolute atomic E-state index is 11.6. The molecule has 1 aliphatic rings. The third-order valence-electron chi connectivity index (χ3n) is 2.24. The van der Waals surface area contributed by atoms with E-state index in [0.717, 1.165) is 0 Å². The molecule has 0 aromatic heterocycles. The van der Waals surface area contributed by atoms with E-state index in [-0.39, 0.29) is 45.5 Å². The second kappa shape index (κ2) is 4.01. The largest absolute Gasteiger partial charge is 0.507 e. The molecule has 1 radical (unpaired) electrons. The number of fused-ring (bicyclic) bond motifs is 1. The van der Waals surface area contributed by atoms with Crippen LogP contribution >= 0.6 is 0 Å². The first-order valence-corrected chi connectivity index (χ1v) is 4.20. The zero-order chi connectivity index (χ0) is 10.3. The van der Waals surface area contributed by atoms with E-state index < -0.39 is 0 Å². The Hall–Kier alpha value is -1.38. The van der Waals surface area contributed by atoms with Gasteiger partial charge in [0.1, 0.15) is 5.75 Å². The smallest absolute Gasteiger partial charge is 0.190 e. The average Bonchev–Trinajstić information content (AvgIpc) is 2.14. The van der Waals surface area contributed by atoms with Crippen LogP contribution in [0.25, 0.3) is 0 Å². The second-order valence-corrected chi connectivity index (χ2v) is 3.22. The normalized spacial score (nSPS) is 14.1. The number of Topliss-reactive ketones (excluding diaryl/α,β-unsaturated/α-hetero) is 1. The van der Waals surface area contributed by atoms with Crippen molar-refractivity contribution < 1.29 is 31.8 Å². The molecule has 0 atom stereocenters. The SMILES string of the molecule is CC1=CC(=O)c2c(O)cccc2C1=O.[Cu]. The first-order chi connectivity index (χ1) is 6.61. The Bertz CT molecular complexity index is 475. The summed E-state index contributed by atoms with van der Waals surface area (Å²) in [5.41, 5.74) is 0.811. The average molecular weight is 252 g/mol. The number of rotatable bonds is 0. The molecule has 0 aliphatic heterocycles. The van der Waals surface area contributed by atoms with E-state index in [4.69, 9.17) is 0 Å². The van der Waals surface area contributed by atoms with Gasteiger partial charge in [-0.3, -0.25) is 9.59 Å². The van der Waals surface area contributed by atoms with Crippen molar-refractivity contribution in [1.29, 1.82) is 0 Å². The number of carbonyl (C=O) groups excluding carboxylic acids is 2. The summed E-state index contributed by atoms with van der Waals surface area (Å²) in [6.45, 7) is 1.59. The van der Waals surface area contributed by atoms with Gasteiger partial charge in [0.25, 0.3) is 0 Å². The molecule has 1 aromatic rings. The van der Waals surface area contributed by atoms with Gasteiger partial charge in [0.2, 0.25) is 0 Å². The number of allylic oxidation sites excluding steroid dienone is 2. The van der Waals surface area contributed by atoms with Gasteiger partial charge in [-0.1, -0.05) is 12.1 Å². The zero-order valence-corrected chi connectivity index (χ0v) is 8.82. The van der Waals surface area contributed by atoms with Crippen LogP contribution in [0, 0.1) is 0 Å². The molecular formula is C11H8CuO3. The van der Waals surface area contributed by atoms with Crippen molar-refractivity contribution in [2.45, 2.75) is 6.92 Å². The molecule has 1 aromatic carbocycles. The Kier molecular flexibility index (Phi) is 3.12. The van der Waals surface area contributed by atoms with Gasteiger partial charge in [0.15, 0.2) is 11.6 Å². The minimum atomic E-state index is -0.310. The Morgan fingerprint density at radius 3 is 2.53 bits per heavy atom. The van der Waals surface area contributed by atoms with Crippen LogP contribution in [0.3, 0.4) is 0 Å². The van der Waals surface area contributed by atoms with E-state index in [0.29, 0.717) is 5.57 Å². The van der Waals surface area contributed by atoms with Crippen LogP contribution in [0.5, 0.6) is 5.75 Å². The Morgan fingerprint density at radius 2 is 1.87 bits per heavy atom. The van der Waals surface area contributed by atoms with Crippen molar-refractivity contribution in [3.05, 3.63) is 41.0 Å². The molecule has 2 rings (SSSR count). The standard InChI is InChI=1S/C11H8O3.Cu/c1-6-5-9(13)10-7(11(6)14)3-2-4-8(10)12;/h2-5,12H,1H3;. The van der Waals surface area contributed by atoms with Crippen LogP contribution in [0.4, 0.5) is 0 Å². The van der Waals surface area contributed by atoms with Gasteiger partial charge in [0, 0.05) is 28.2 Å². The number of hydrogen-bond donors (Lipinski definition) is 1. The molecule has 0 unspecified atom stereocenters. The van der Waals surface area contributed by atoms with Crippen LogP contribution in [0.1, 0.15) is 27.6 Å². The quantitative estimate of drug-likeness (QED) is 0.715. The van der Waals surface area contributed by atoms with Crippen LogP contribution < -0.4 is 0 Å². The molecule has 15 heavy (non-hydrogen) atoms. The molecule has 3 nitrogen and oxygen atoms in total. The van der Waals surface area contributed by atoms with Gasteiger partial charge in [0.05, 0.1) is 5.56 Å². The molecule has 1 N–H and O–H groups in total. The summed E-state index contributed by atoms with van der Waals surface area (Å²) in [6, 6.07) is 4.50. The van der Waals surface area contributed by atoms with Gasteiger partial charge >= 0.3 is 0 Å². The zero-order valence-electron chi connectivity index (χ0n) is 7.87. The van der Waals surface area contributed by atoms with E-state index in [1.54, 1.807) is 19.1 Å². The Balaban J connectivity index is 0.00000112. The van der Waals surface area contributed by atoms with Crippen LogP contribution in [0.2, 0.25) is 0 Å². The van der Waals surface area contributed by atoms with Gasteiger partial charge in [-0.15, -0.1) is 0 Å². The van der Waals surface area contributed by atoms with E-state index in [9.17, 15) is 14.7 Å². The topological polar surface area (TPSA) is 54.4 Å². The fraction of sp³-hybridized carbons (Fsp3) is 0.0909. The van der Waals surface area contributed by atoms with Crippen molar-refractivity contribution in [1.82, 2.24) is 0 Å². The predicted octanol–water partition coefficient (Wildman–Crippen LogP) is 1.72. The monoisotopic (exact) mass is 251 g/mol. The number of benzene rings is 1. The number of carbonyl (C=O) groups is 2. The van der Waals surface area contributed by atoms with Crippen molar-refractivity contribution in [3.63, 3.8) is 0 Å². The first-order valence-electron chi connectivity index (χ1n) is 4.20. The second-order valence-electron chi connectivity index (χ2n) is 3.22. The third kappa shape index (κ3) is 1.74. The first kappa shape index (κ1) is 11.7. The van der Waals surface area contributed by atoms with Gasteiger partial charge in [-0.25, -0.2) is 0 Å². The summed E-state index contributed by atoms with van der Waals surface area (Å²) in [5, 5.41) is 9.43. The molecule has 0 saturated heterocycles. The molecule has 0 amide bonds. The van der Waals surface area contributed by atoms with Crippen LogP contribution in [-0.4, -0.2) is 16.7 Å². The molecule has 0 heterocycles. The number of phenols is 1. The Labute approximate surface area is 97.3 Å². The van der Waals surface area contributed by atoms with Crippen molar-refractivity contribution in [2.24, 2.45) is 0 Å².